The van der Waals surface area contributed by atoms with E-state index < -0.39 is 0 Å². The van der Waals surface area contributed by atoms with Crippen molar-refractivity contribution in [3.8, 4) is 11.5 Å². The molecule has 3 nitrogen and oxygen atoms in total. The van der Waals surface area contributed by atoms with Crippen molar-refractivity contribution in [1.82, 2.24) is 5.32 Å². The number of aryl methyl sites for hydroxylation is 1. The number of ether oxygens (including phenoxy) is 2. The molecule has 0 spiro atoms. The Labute approximate surface area is 116 Å². The summed E-state index contributed by atoms with van der Waals surface area (Å²) in [4.78, 5) is 0. The van der Waals surface area contributed by atoms with Crippen molar-refractivity contribution >= 4 is 0 Å². The number of methoxy groups -OCH3 is 1. The van der Waals surface area contributed by atoms with E-state index in [2.05, 4.69) is 26.1 Å². The van der Waals surface area contributed by atoms with E-state index in [-0.39, 0.29) is 5.41 Å². The molecule has 1 aromatic rings. The van der Waals surface area contributed by atoms with E-state index in [0.29, 0.717) is 6.61 Å². The number of benzene rings is 1. The van der Waals surface area contributed by atoms with Gasteiger partial charge in [0.2, 0.25) is 0 Å². The molecule has 0 amide bonds. The van der Waals surface area contributed by atoms with Crippen LogP contribution in [0.1, 0.15) is 32.3 Å². The van der Waals surface area contributed by atoms with Crippen LogP contribution in [0.2, 0.25) is 0 Å². The molecule has 19 heavy (non-hydrogen) atoms. The molecular weight excluding hydrogens is 238 g/mol. The fourth-order valence-electron chi connectivity index (χ4n) is 1.93. The van der Waals surface area contributed by atoms with E-state index in [1.165, 1.54) is 18.4 Å². The lowest BCUT2D eigenvalue weighted by Crippen LogP contribution is -2.35. The van der Waals surface area contributed by atoms with Crippen LogP contribution in [0.5, 0.6) is 11.5 Å². The monoisotopic (exact) mass is 263 g/mol. The van der Waals surface area contributed by atoms with Gasteiger partial charge in [0.15, 0.2) is 11.5 Å². The summed E-state index contributed by atoms with van der Waals surface area (Å²) in [5, 5.41) is 3.56. The summed E-state index contributed by atoms with van der Waals surface area (Å²) < 4.78 is 11.3. The Morgan fingerprint density at radius 3 is 2.63 bits per heavy atom. The van der Waals surface area contributed by atoms with Crippen LogP contribution in [0, 0.1) is 12.3 Å². The summed E-state index contributed by atoms with van der Waals surface area (Å²) in [6, 6.07) is 6.78. The molecule has 0 aromatic heterocycles. The minimum Gasteiger partial charge on any atom is -0.493 e. The van der Waals surface area contributed by atoms with Gasteiger partial charge >= 0.3 is 0 Å². The Balaban J connectivity index is 1.89. The average Bonchev–Trinajstić information content (AvgIpc) is 3.19. The molecule has 0 bridgehead atoms. The van der Waals surface area contributed by atoms with E-state index in [1.807, 2.05) is 18.2 Å². The molecule has 1 saturated carbocycles. The molecule has 0 heterocycles. The molecule has 1 aromatic carbocycles. The molecule has 0 radical (unpaired) electrons. The molecule has 0 saturated heterocycles. The lowest BCUT2D eigenvalue weighted by Gasteiger charge is -2.25. The molecular formula is C16H25NO2. The maximum absolute atomic E-state index is 5.94. The van der Waals surface area contributed by atoms with E-state index in [1.54, 1.807) is 7.11 Å². The maximum Gasteiger partial charge on any atom is 0.161 e. The van der Waals surface area contributed by atoms with Gasteiger partial charge in [-0.15, -0.1) is 0 Å². The topological polar surface area (TPSA) is 30.5 Å². The molecule has 106 valence electrons. The van der Waals surface area contributed by atoms with Crippen LogP contribution in [-0.4, -0.2) is 26.3 Å². The lowest BCUT2D eigenvalue weighted by molar-refractivity contribution is 0.171. The molecule has 0 unspecified atom stereocenters. The fraction of sp³-hybridized carbons (Fsp3) is 0.625. The van der Waals surface area contributed by atoms with Gasteiger partial charge in [-0.2, -0.15) is 0 Å². The van der Waals surface area contributed by atoms with Crippen LogP contribution in [0.3, 0.4) is 0 Å². The maximum atomic E-state index is 5.94. The standard InChI is InChI=1S/C16H25NO2/c1-12-5-8-14(15(9-12)18-4)19-11-16(2,3)10-17-13-6-7-13/h5,8-9,13,17H,6-7,10-11H2,1-4H3. The first-order valence-electron chi connectivity index (χ1n) is 7.01. The highest BCUT2D eigenvalue weighted by atomic mass is 16.5. The lowest BCUT2D eigenvalue weighted by atomic mass is 9.95. The Kier molecular flexibility index (Phi) is 4.35. The first-order chi connectivity index (χ1) is 9.00. The number of hydrogen-bond acceptors (Lipinski definition) is 3. The van der Waals surface area contributed by atoms with Crippen molar-refractivity contribution < 1.29 is 9.47 Å². The molecule has 0 atom stereocenters. The van der Waals surface area contributed by atoms with E-state index in [4.69, 9.17) is 9.47 Å². The van der Waals surface area contributed by atoms with E-state index in [0.717, 1.165) is 24.1 Å². The third-order valence-corrected chi connectivity index (χ3v) is 3.38. The van der Waals surface area contributed by atoms with Gasteiger partial charge in [0.1, 0.15) is 0 Å². The second-order valence-electron chi connectivity index (χ2n) is 6.26. The van der Waals surface area contributed by atoms with Crippen LogP contribution >= 0.6 is 0 Å². The number of hydrogen-bond donors (Lipinski definition) is 1. The predicted octanol–water partition coefficient (Wildman–Crippen LogP) is 3.16. The van der Waals surface area contributed by atoms with Gasteiger partial charge in [-0.3, -0.25) is 0 Å². The van der Waals surface area contributed by atoms with Crippen molar-refractivity contribution in [2.75, 3.05) is 20.3 Å². The van der Waals surface area contributed by atoms with E-state index >= 15 is 0 Å². The van der Waals surface area contributed by atoms with Gasteiger partial charge in [0, 0.05) is 18.0 Å². The first kappa shape index (κ1) is 14.2. The Morgan fingerprint density at radius 2 is 2.00 bits per heavy atom. The Hall–Kier alpha value is -1.22. The summed E-state index contributed by atoms with van der Waals surface area (Å²) in [5.41, 5.74) is 1.30. The molecule has 1 aliphatic rings. The summed E-state index contributed by atoms with van der Waals surface area (Å²) in [7, 11) is 1.68. The van der Waals surface area contributed by atoms with Crippen molar-refractivity contribution in [2.45, 2.75) is 39.7 Å². The fourth-order valence-corrected chi connectivity index (χ4v) is 1.93. The van der Waals surface area contributed by atoms with Crippen LogP contribution < -0.4 is 14.8 Å². The zero-order valence-electron chi connectivity index (χ0n) is 12.5. The minimum atomic E-state index is 0.123. The number of nitrogens with one attached hydrogen (secondary N) is 1. The third kappa shape index (κ3) is 4.43. The second-order valence-corrected chi connectivity index (χ2v) is 6.26. The molecule has 2 rings (SSSR count). The van der Waals surface area contributed by atoms with Gasteiger partial charge in [-0.1, -0.05) is 19.9 Å². The zero-order chi connectivity index (χ0) is 13.9. The largest absolute Gasteiger partial charge is 0.493 e. The molecule has 1 N–H and O–H groups in total. The van der Waals surface area contributed by atoms with Crippen LogP contribution in [0.25, 0.3) is 0 Å². The normalized spacial score (nSPS) is 15.4. The zero-order valence-corrected chi connectivity index (χ0v) is 12.5. The van der Waals surface area contributed by atoms with Crippen molar-refractivity contribution in [2.24, 2.45) is 5.41 Å². The van der Waals surface area contributed by atoms with Crippen LogP contribution in [0.4, 0.5) is 0 Å². The predicted molar refractivity (Wildman–Crippen MR) is 78.0 cm³/mol. The molecule has 1 aliphatic carbocycles. The number of rotatable bonds is 7. The highest BCUT2D eigenvalue weighted by Crippen LogP contribution is 2.29. The minimum absolute atomic E-state index is 0.123. The quantitative estimate of drug-likeness (QED) is 0.819. The SMILES string of the molecule is COc1cc(C)ccc1OCC(C)(C)CNC1CC1. The Bertz CT molecular complexity index is 425. The van der Waals surface area contributed by atoms with Crippen LogP contribution in [-0.2, 0) is 0 Å². The van der Waals surface area contributed by atoms with Crippen molar-refractivity contribution in [3.05, 3.63) is 23.8 Å². The van der Waals surface area contributed by atoms with Crippen molar-refractivity contribution in [1.29, 1.82) is 0 Å². The smallest absolute Gasteiger partial charge is 0.161 e. The van der Waals surface area contributed by atoms with Crippen LogP contribution in [0.15, 0.2) is 18.2 Å². The summed E-state index contributed by atoms with van der Waals surface area (Å²) in [5.74, 6) is 1.64. The van der Waals surface area contributed by atoms with Crippen molar-refractivity contribution in [3.63, 3.8) is 0 Å². The summed E-state index contributed by atoms with van der Waals surface area (Å²) >= 11 is 0. The van der Waals surface area contributed by atoms with Gasteiger partial charge in [-0.05, 0) is 37.5 Å². The second kappa shape index (κ2) is 5.83. The van der Waals surface area contributed by atoms with Gasteiger partial charge in [0.05, 0.1) is 13.7 Å². The Morgan fingerprint density at radius 1 is 1.26 bits per heavy atom. The van der Waals surface area contributed by atoms with Gasteiger partial charge < -0.3 is 14.8 Å². The third-order valence-electron chi connectivity index (χ3n) is 3.38. The molecule has 3 heteroatoms. The first-order valence-corrected chi connectivity index (χ1v) is 7.01. The highest BCUT2D eigenvalue weighted by molar-refractivity contribution is 5.42. The summed E-state index contributed by atoms with van der Waals surface area (Å²) in [6.07, 6.45) is 2.64. The van der Waals surface area contributed by atoms with Gasteiger partial charge in [-0.25, -0.2) is 0 Å². The average molecular weight is 263 g/mol. The molecule has 0 aliphatic heterocycles. The van der Waals surface area contributed by atoms with E-state index in [9.17, 15) is 0 Å². The highest BCUT2D eigenvalue weighted by Gasteiger charge is 2.26. The van der Waals surface area contributed by atoms with Gasteiger partial charge in [0.25, 0.3) is 0 Å². The summed E-state index contributed by atoms with van der Waals surface area (Å²) in [6.45, 7) is 8.18. The molecule has 1 fully saturated rings.